The molecule has 8 nitrogen and oxygen atoms in total. The van der Waals surface area contributed by atoms with Crippen LogP contribution in [0.2, 0.25) is 0 Å². The first-order chi connectivity index (χ1) is 13.6. The number of furan rings is 1. The van der Waals surface area contributed by atoms with Gasteiger partial charge in [0.25, 0.3) is 5.91 Å². The van der Waals surface area contributed by atoms with Gasteiger partial charge in [0.1, 0.15) is 5.69 Å². The van der Waals surface area contributed by atoms with Gasteiger partial charge in [-0.05, 0) is 38.1 Å². The number of amides is 1. The number of morpholine rings is 1. The molecule has 1 N–H and O–H groups in total. The molecule has 28 heavy (non-hydrogen) atoms. The lowest BCUT2D eigenvalue weighted by Gasteiger charge is -2.26. The number of rotatable bonds is 6. The number of carbonyl (C=O) groups is 1. The van der Waals surface area contributed by atoms with Crippen molar-refractivity contribution in [3.8, 4) is 11.5 Å². The van der Waals surface area contributed by atoms with Crippen molar-refractivity contribution in [2.45, 2.75) is 13.3 Å². The molecule has 3 aromatic rings. The highest BCUT2D eigenvalue weighted by atomic mass is 16.5. The molecule has 0 spiro atoms. The van der Waals surface area contributed by atoms with E-state index in [0.717, 1.165) is 50.3 Å². The molecule has 0 radical (unpaired) electrons. The third-order valence-corrected chi connectivity index (χ3v) is 5.03. The third kappa shape index (κ3) is 3.79. The maximum absolute atomic E-state index is 13.0. The van der Waals surface area contributed by atoms with Gasteiger partial charge < -0.3 is 14.5 Å². The van der Waals surface area contributed by atoms with E-state index in [0.29, 0.717) is 29.2 Å². The molecule has 1 aliphatic heterocycles. The molecule has 0 saturated carbocycles. The summed E-state index contributed by atoms with van der Waals surface area (Å²) in [4.78, 5) is 20.0. The first kappa shape index (κ1) is 18.6. The zero-order chi connectivity index (χ0) is 19.5. The first-order valence-corrected chi connectivity index (χ1v) is 9.60. The number of aromatic nitrogens is 3. The standard InChI is InChI=1S/C20H25N5O3/c1-14-18-15(20(26)21-6-4-7-25-8-11-27-12-9-25)13-16(17-5-3-10-28-17)22-19(18)24(2)23-14/h3,5,10,13H,4,6-9,11-12H2,1-2H3,(H,21,26). The van der Waals surface area contributed by atoms with Gasteiger partial charge in [-0.25, -0.2) is 4.98 Å². The fourth-order valence-electron chi connectivity index (χ4n) is 3.60. The van der Waals surface area contributed by atoms with Crippen molar-refractivity contribution in [3.63, 3.8) is 0 Å². The summed E-state index contributed by atoms with van der Waals surface area (Å²) in [5, 5.41) is 8.27. The van der Waals surface area contributed by atoms with Crippen molar-refractivity contribution in [1.29, 1.82) is 0 Å². The van der Waals surface area contributed by atoms with Gasteiger partial charge in [-0.1, -0.05) is 0 Å². The van der Waals surface area contributed by atoms with Crippen molar-refractivity contribution in [3.05, 3.63) is 35.7 Å². The van der Waals surface area contributed by atoms with E-state index >= 15 is 0 Å². The summed E-state index contributed by atoms with van der Waals surface area (Å²) >= 11 is 0. The maximum Gasteiger partial charge on any atom is 0.252 e. The van der Waals surface area contributed by atoms with Crippen molar-refractivity contribution in [2.24, 2.45) is 7.05 Å². The van der Waals surface area contributed by atoms with Crippen LogP contribution in [0.4, 0.5) is 0 Å². The molecule has 1 aliphatic rings. The summed E-state index contributed by atoms with van der Waals surface area (Å²) in [6.45, 7) is 6.97. The average molecular weight is 383 g/mol. The molecule has 148 valence electrons. The van der Waals surface area contributed by atoms with Crippen LogP contribution in [0.1, 0.15) is 22.5 Å². The van der Waals surface area contributed by atoms with E-state index in [1.165, 1.54) is 0 Å². The van der Waals surface area contributed by atoms with E-state index in [4.69, 9.17) is 9.15 Å². The number of carbonyl (C=O) groups excluding carboxylic acids is 1. The highest BCUT2D eigenvalue weighted by Crippen LogP contribution is 2.27. The Hall–Kier alpha value is -2.71. The molecule has 4 rings (SSSR count). The number of fused-ring (bicyclic) bond motifs is 1. The Labute approximate surface area is 163 Å². The van der Waals surface area contributed by atoms with Crippen LogP contribution in [0.3, 0.4) is 0 Å². The molecular formula is C20H25N5O3. The van der Waals surface area contributed by atoms with Crippen LogP contribution in [-0.2, 0) is 11.8 Å². The van der Waals surface area contributed by atoms with Crippen LogP contribution in [0, 0.1) is 6.92 Å². The Morgan fingerprint density at radius 1 is 1.32 bits per heavy atom. The molecule has 1 saturated heterocycles. The van der Waals surface area contributed by atoms with Gasteiger partial charge in [-0.3, -0.25) is 14.4 Å². The van der Waals surface area contributed by atoms with E-state index in [9.17, 15) is 4.79 Å². The maximum atomic E-state index is 13.0. The van der Waals surface area contributed by atoms with Crippen molar-refractivity contribution >= 4 is 16.9 Å². The summed E-state index contributed by atoms with van der Waals surface area (Å²) in [7, 11) is 1.83. The monoisotopic (exact) mass is 383 g/mol. The zero-order valence-corrected chi connectivity index (χ0v) is 16.3. The summed E-state index contributed by atoms with van der Waals surface area (Å²) in [6.07, 6.45) is 2.50. The SMILES string of the molecule is Cc1nn(C)c2nc(-c3ccco3)cc(C(=O)NCCCN3CCOCC3)c12. The summed E-state index contributed by atoms with van der Waals surface area (Å²) in [6, 6.07) is 5.43. The molecule has 3 aromatic heterocycles. The lowest BCUT2D eigenvalue weighted by atomic mass is 10.1. The summed E-state index contributed by atoms with van der Waals surface area (Å²) < 4.78 is 12.5. The van der Waals surface area contributed by atoms with Crippen LogP contribution >= 0.6 is 0 Å². The number of ether oxygens (including phenoxy) is 1. The zero-order valence-electron chi connectivity index (χ0n) is 16.3. The van der Waals surface area contributed by atoms with Crippen LogP contribution < -0.4 is 5.32 Å². The second-order valence-corrected chi connectivity index (χ2v) is 7.00. The molecular weight excluding hydrogens is 358 g/mol. The topological polar surface area (TPSA) is 85.4 Å². The van der Waals surface area contributed by atoms with Gasteiger partial charge in [0, 0.05) is 26.7 Å². The van der Waals surface area contributed by atoms with Crippen LogP contribution in [-0.4, -0.2) is 65.0 Å². The Kier molecular flexibility index (Phi) is 5.40. The van der Waals surface area contributed by atoms with Gasteiger partial charge in [-0.15, -0.1) is 0 Å². The minimum Gasteiger partial charge on any atom is -0.463 e. The average Bonchev–Trinajstić information content (AvgIpc) is 3.34. The molecule has 1 amide bonds. The van der Waals surface area contributed by atoms with E-state index in [2.05, 4.69) is 20.3 Å². The molecule has 0 atom stereocenters. The number of hydrogen-bond donors (Lipinski definition) is 1. The van der Waals surface area contributed by atoms with Crippen LogP contribution in [0.25, 0.3) is 22.5 Å². The first-order valence-electron chi connectivity index (χ1n) is 9.60. The molecule has 0 bridgehead atoms. The van der Waals surface area contributed by atoms with Crippen LogP contribution in [0.15, 0.2) is 28.9 Å². The number of pyridine rings is 1. The second kappa shape index (κ2) is 8.12. The molecule has 8 heteroatoms. The van der Waals surface area contributed by atoms with Gasteiger partial charge in [0.15, 0.2) is 11.4 Å². The van der Waals surface area contributed by atoms with E-state index < -0.39 is 0 Å². The molecule has 0 aliphatic carbocycles. The summed E-state index contributed by atoms with van der Waals surface area (Å²) in [5.41, 5.74) is 2.66. The highest BCUT2D eigenvalue weighted by Gasteiger charge is 2.20. The largest absolute Gasteiger partial charge is 0.463 e. The Morgan fingerprint density at radius 3 is 2.89 bits per heavy atom. The van der Waals surface area contributed by atoms with Gasteiger partial charge >= 0.3 is 0 Å². The lowest BCUT2D eigenvalue weighted by Crippen LogP contribution is -2.38. The number of aryl methyl sites for hydroxylation is 2. The summed E-state index contributed by atoms with van der Waals surface area (Å²) in [5.74, 6) is 0.514. The fraction of sp³-hybridized carbons (Fsp3) is 0.450. The van der Waals surface area contributed by atoms with Gasteiger partial charge in [0.2, 0.25) is 0 Å². The molecule has 0 unspecified atom stereocenters. The Balaban J connectivity index is 1.52. The fourth-order valence-corrected chi connectivity index (χ4v) is 3.60. The lowest BCUT2D eigenvalue weighted by molar-refractivity contribution is 0.0374. The Bertz CT molecular complexity index is 958. The second-order valence-electron chi connectivity index (χ2n) is 7.00. The molecule has 4 heterocycles. The van der Waals surface area contributed by atoms with E-state index in [1.54, 1.807) is 23.1 Å². The third-order valence-electron chi connectivity index (χ3n) is 5.03. The highest BCUT2D eigenvalue weighted by molar-refractivity contribution is 6.07. The minimum atomic E-state index is -0.113. The number of hydrogen-bond acceptors (Lipinski definition) is 6. The van der Waals surface area contributed by atoms with Gasteiger partial charge in [0.05, 0.1) is 36.1 Å². The quantitative estimate of drug-likeness (QED) is 0.655. The molecule has 1 fully saturated rings. The van der Waals surface area contributed by atoms with Crippen molar-refractivity contribution < 1.29 is 13.9 Å². The molecule has 0 aromatic carbocycles. The van der Waals surface area contributed by atoms with E-state index in [-0.39, 0.29) is 5.91 Å². The normalized spacial score (nSPS) is 15.2. The van der Waals surface area contributed by atoms with E-state index in [1.807, 2.05) is 20.0 Å². The van der Waals surface area contributed by atoms with Crippen molar-refractivity contribution in [1.82, 2.24) is 25.0 Å². The minimum absolute atomic E-state index is 0.113. The number of nitrogens with one attached hydrogen (secondary N) is 1. The predicted molar refractivity (Wildman–Crippen MR) is 105 cm³/mol. The Morgan fingerprint density at radius 2 is 2.14 bits per heavy atom. The predicted octanol–water partition coefficient (Wildman–Crippen LogP) is 1.99. The number of nitrogens with zero attached hydrogens (tertiary/aromatic N) is 4. The smallest absolute Gasteiger partial charge is 0.252 e. The van der Waals surface area contributed by atoms with Crippen LogP contribution in [0.5, 0.6) is 0 Å². The van der Waals surface area contributed by atoms with Crippen molar-refractivity contribution in [2.75, 3.05) is 39.4 Å². The van der Waals surface area contributed by atoms with Gasteiger partial charge in [-0.2, -0.15) is 5.10 Å².